The number of aliphatic hydroxyl groups is 1. The van der Waals surface area contributed by atoms with Crippen LogP contribution in [0.5, 0.6) is 0 Å². The van der Waals surface area contributed by atoms with Crippen LogP contribution in [0.1, 0.15) is 24.8 Å². The van der Waals surface area contributed by atoms with Gasteiger partial charge in [-0.15, -0.1) is 0 Å². The number of hydrogen-bond donors (Lipinski definition) is 1. The summed E-state index contributed by atoms with van der Waals surface area (Å²) in [5.41, 5.74) is -0.527. The lowest BCUT2D eigenvalue weighted by molar-refractivity contribution is -0.130. The Kier molecular flexibility index (Phi) is 6.00. The first-order chi connectivity index (χ1) is 10.8. The van der Waals surface area contributed by atoms with Crippen molar-refractivity contribution >= 4 is 17.5 Å². The van der Waals surface area contributed by atoms with Crippen molar-refractivity contribution in [1.82, 2.24) is 9.80 Å². The fraction of sp³-hybridized carbons (Fsp3) is 0.588. The van der Waals surface area contributed by atoms with E-state index in [9.17, 15) is 14.3 Å². The monoisotopic (exact) mass is 342 g/mol. The number of carbonyl (C=O) groups is 1. The van der Waals surface area contributed by atoms with Crippen LogP contribution >= 0.6 is 11.6 Å². The van der Waals surface area contributed by atoms with Crippen molar-refractivity contribution in [3.63, 3.8) is 0 Å². The maximum atomic E-state index is 13.8. The van der Waals surface area contributed by atoms with Crippen molar-refractivity contribution in [2.75, 3.05) is 33.7 Å². The molecule has 0 spiro atoms. The van der Waals surface area contributed by atoms with Crippen LogP contribution in [0.15, 0.2) is 18.2 Å². The second-order valence-electron chi connectivity index (χ2n) is 6.57. The van der Waals surface area contributed by atoms with Gasteiger partial charge in [-0.05, 0) is 45.5 Å². The Balaban J connectivity index is 2.01. The van der Waals surface area contributed by atoms with Gasteiger partial charge in [-0.2, -0.15) is 0 Å². The first kappa shape index (κ1) is 18.2. The van der Waals surface area contributed by atoms with Gasteiger partial charge in [-0.25, -0.2) is 4.39 Å². The molecule has 4 nitrogen and oxygen atoms in total. The molecule has 1 saturated heterocycles. The zero-order valence-electron chi connectivity index (χ0n) is 13.7. The third-order valence-corrected chi connectivity index (χ3v) is 4.62. The molecule has 1 heterocycles. The van der Waals surface area contributed by atoms with Gasteiger partial charge in [0.15, 0.2) is 0 Å². The number of benzene rings is 1. The highest BCUT2D eigenvalue weighted by Crippen LogP contribution is 2.25. The molecule has 1 aliphatic heterocycles. The summed E-state index contributed by atoms with van der Waals surface area (Å²) in [6, 6.07) is 4.43. The third kappa shape index (κ3) is 4.90. The summed E-state index contributed by atoms with van der Waals surface area (Å²) in [6.07, 6.45) is 1.88. The number of amides is 1. The average Bonchev–Trinajstić information content (AvgIpc) is 2.64. The number of rotatable bonds is 4. The van der Waals surface area contributed by atoms with Crippen molar-refractivity contribution in [2.45, 2.75) is 31.3 Å². The molecule has 2 rings (SSSR count). The van der Waals surface area contributed by atoms with Crippen LogP contribution < -0.4 is 0 Å². The Morgan fingerprint density at radius 1 is 1.39 bits per heavy atom. The number of likely N-dealkylation sites (tertiary alicyclic amines) is 1. The summed E-state index contributed by atoms with van der Waals surface area (Å²) < 4.78 is 13.8. The molecule has 0 unspecified atom stereocenters. The van der Waals surface area contributed by atoms with Gasteiger partial charge in [0.1, 0.15) is 5.82 Å². The molecule has 1 aromatic rings. The second kappa shape index (κ2) is 7.60. The van der Waals surface area contributed by atoms with Crippen LogP contribution in [-0.2, 0) is 11.2 Å². The van der Waals surface area contributed by atoms with Gasteiger partial charge in [0.2, 0.25) is 5.91 Å². The van der Waals surface area contributed by atoms with Crippen molar-refractivity contribution in [3.8, 4) is 0 Å². The van der Waals surface area contributed by atoms with E-state index >= 15 is 0 Å². The molecule has 1 amide bonds. The molecular weight excluding hydrogens is 319 g/mol. The summed E-state index contributed by atoms with van der Waals surface area (Å²) >= 11 is 5.99. The lowest BCUT2D eigenvalue weighted by Crippen LogP contribution is -2.41. The molecule has 1 aromatic carbocycles. The van der Waals surface area contributed by atoms with E-state index < -0.39 is 11.4 Å². The largest absolute Gasteiger partial charge is 0.388 e. The first-order valence-corrected chi connectivity index (χ1v) is 8.26. The van der Waals surface area contributed by atoms with Crippen LogP contribution in [0.25, 0.3) is 0 Å². The van der Waals surface area contributed by atoms with E-state index in [1.54, 1.807) is 11.0 Å². The van der Waals surface area contributed by atoms with Gasteiger partial charge in [0.25, 0.3) is 0 Å². The maximum absolute atomic E-state index is 13.8. The van der Waals surface area contributed by atoms with Gasteiger partial charge < -0.3 is 14.9 Å². The van der Waals surface area contributed by atoms with E-state index in [2.05, 4.69) is 0 Å². The summed E-state index contributed by atoms with van der Waals surface area (Å²) in [7, 11) is 3.85. The van der Waals surface area contributed by atoms with E-state index in [0.29, 0.717) is 32.5 Å². The van der Waals surface area contributed by atoms with Gasteiger partial charge in [0.05, 0.1) is 12.0 Å². The molecule has 128 valence electrons. The fourth-order valence-electron chi connectivity index (χ4n) is 3.14. The number of hydrogen-bond acceptors (Lipinski definition) is 3. The minimum absolute atomic E-state index is 0.0440. The third-order valence-electron chi connectivity index (χ3n) is 4.27. The van der Waals surface area contributed by atoms with Crippen molar-refractivity contribution < 1.29 is 14.3 Å². The number of halogens is 2. The van der Waals surface area contributed by atoms with Crippen molar-refractivity contribution in [1.29, 1.82) is 0 Å². The SMILES string of the molecule is CN(C)C[C@]1(O)CCCN(C(=O)Cc2c(F)cccc2Cl)CC1. The first-order valence-electron chi connectivity index (χ1n) is 7.88. The minimum atomic E-state index is -0.770. The zero-order valence-corrected chi connectivity index (χ0v) is 14.4. The molecule has 1 N–H and O–H groups in total. The minimum Gasteiger partial charge on any atom is -0.388 e. The Morgan fingerprint density at radius 3 is 2.78 bits per heavy atom. The predicted octanol–water partition coefficient (Wildman–Crippen LogP) is 2.33. The lowest BCUT2D eigenvalue weighted by Gasteiger charge is -2.30. The maximum Gasteiger partial charge on any atom is 0.227 e. The van der Waals surface area contributed by atoms with Gasteiger partial charge >= 0.3 is 0 Å². The lowest BCUT2D eigenvalue weighted by atomic mass is 9.94. The molecule has 0 bridgehead atoms. The standard InChI is InChI=1S/C17H24ClFN2O2/c1-20(2)12-17(23)7-4-9-21(10-8-17)16(22)11-13-14(18)5-3-6-15(13)19/h3,5-6,23H,4,7-12H2,1-2H3/t17-/m0/s1. The molecule has 0 aliphatic carbocycles. The Hall–Kier alpha value is -1.17. The van der Waals surface area contributed by atoms with E-state index in [1.807, 2.05) is 19.0 Å². The van der Waals surface area contributed by atoms with Gasteiger partial charge in [-0.1, -0.05) is 17.7 Å². The summed E-state index contributed by atoms with van der Waals surface area (Å²) in [4.78, 5) is 16.1. The molecule has 1 atom stereocenters. The Labute approximate surface area is 141 Å². The van der Waals surface area contributed by atoms with E-state index in [1.165, 1.54) is 12.1 Å². The molecule has 0 aromatic heterocycles. The van der Waals surface area contributed by atoms with E-state index in [-0.39, 0.29) is 22.9 Å². The smallest absolute Gasteiger partial charge is 0.227 e. The van der Waals surface area contributed by atoms with Crippen LogP contribution in [0.2, 0.25) is 5.02 Å². The highest BCUT2D eigenvalue weighted by atomic mass is 35.5. The molecule has 0 radical (unpaired) electrons. The molecular formula is C17H24ClFN2O2. The van der Waals surface area contributed by atoms with Crippen LogP contribution in [0.4, 0.5) is 4.39 Å². The molecule has 0 saturated carbocycles. The van der Waals surface area contributed by atoms with Crippen molar-refractivity contribution in [2.24, 2.45) is 0 Å². The van der Waals surface area contributed by atoms with E-state index in [0.717, 1.165) is 6.42 Å². The normalized spacial score (nSPS) is 22.3. The van der Waals surface area contributed by atoms with Crippen LogP contribution in [-0.4, -0.2) is 60.1 Å². The molecule has 6 heteroatoms. The fourth-order valence-corrected chi connectivity index (χ4v) is 3.37. The summed E-state index contributed by atoms with van der Waals surface area (Å²) in [5.74, 6) is -0.601. The Bertz CT molecular complexity index is 547. The van der Waals surface area contributed by atoms with Gasteiger partial charge in [-0.3, -0.25) is 4.79 Å². The Morgan fingerprint density at radius 2 is 2.13 bits per heavy atom. The van der Waals surface area contributed by atoms with Crippen LogP contribution in [0.3, 0.4) is 0 Å². The molecule has 23 heavy (non-hydrogen) atoms. The number of likely N-dealkylation sites (N-methyl/N-ethyl adjacent to an activating group) is 1. The molecule has 1 aliphatic rings. The quantitative estimate of drug-likeness (QED) is 0.913. The highest BCUT2D eigenvalue weighted by Gasteiger charge is 2.32. The number of carbonyl (C=O) groups excluding carboxylic acids is 1. The highest BCUT2D eigenvalue weighted by molar-refractivity contribution is 6.31. The predicted molar refractivity (Wildman–Crippen MR) is 89.0 cm³/mol. The van der Waals surface area contributed by atoms with Crippen LogP contribution in [0, 0.1) is 5.82 Å². The second-order valence-corrected chi connectivity index (χ2v) is 6.98. The molecule has 1 fully saturated rings. The van der Waals surface area contributed by atoms with Gasteiger partial charge in [0, 0.05) is 30.2 Å². The average molecular weight is 343 g/mol. The summed E-state index contributed by atoms with van der Waals surface area (Å²) in [6.45, 7) is 1.64. The van der Waals surface area contributed by atoms with E-state index in [4.69, 9.17) is 11.6 Å². The topological polar surface area (TPSA) is 43.8 Å². The summed E-state index contributed by atoms with van der Waals surface area (Å²) in [5, 5.41) is 10.9. The van der Waals surface area contributed by atoms with Crippen molar-refractivity contribution in [3.05, 3.63) is 34.6 Å². The number of nitrogens with zero attached hydrogens (tertiary/aromatic N) is 2. The zero-order chi connectivity index (χ0) is 17.0.